The summed E-state index contributed by atoms with van der Waals surface area (Å²) in [4.78, 5) is 0. The SMILES string of the molecule is N#CC(Cl)C(C#N)CCCl. The summed E-state index contributed by atoms with van der Waals surface area (Å²) in [5.74, 6) is -0.0764. The van der Waals surface area contributed by atoms with E-state index in [0.29, 0.717) is 12.3 Å². The van der Waals surface area contributed by atoms with Crippen molar-refractivity contribution in [3.05, 3.63) is 0 Å². The first-order chi connectivity index (χ1) is 4.76. The van der Waals surface area contributed by atoms with Crippen LogP contribution in [0.15, 0.2) is 0 Å². The molecule has 0 aliphatic carbocycles. The number of halogens is 2. The molecule has 2 unspecified atom stereocenters. The van der Waals surface area contributed by atoms with Crippen molar-refractivity contribution in [2.24, 2.45) is 5.92 Å². The minimum atomic E-state index is -0.733. The zero-order valence-corrected chi connectivity index (χ0v) is 6.73. The third-order valence-electron chi connectivity index (χ3n) is 1.06. The van der Waals surface area contributed by atoms with Crippen LogP contribution in [0.2, 0.25) is 0 Å². The van der Waals surface area contributed by atoms with E-state index < -0.39 is 11.3 Å². The van der Waals surface area contributed by atoms with E-state index in [2.05, 4.69) is 0 Å². The van der Waals surface area contributed by atoms with Crippen molar-refractivity contribution in [1.29, 1.82) is 10.5 Å². The van der Waals surface area contributed by atoms with E-state index in [9.17, 15) is 0 Å². The molecular formula is C6H6Cl2N2. The van der Waals surface area contributed by atoms with E-state index in [-0.39, 0.29) is 0 Å². The lowest BCUT2D eigenvalue weighted by atomic mass is 10.1. The van der Waals surface area contributed by atoms with Crippen LogP contribution in [0.25, 0.3) is 0 Å². The molecule has 0 aromatic heterocycles. The summed E-state index contributed by atoms with van der Waals surface area (Å²) >= 11 is 10.8. The first-order valence-corrected chi connectivity index (χ1v) is 3.72. The van der Waals surface area contributed by atoms with Gasteiger partial charge in [0.2, 0.25) is 0 Å². The number of alkyl halides is 2. The van der Waals surface area contributed by atoms with Crippen LogP contribution in [0.5, 0.6) is 0 Å². The van der Waals surface area contributed by atoms with Crippen molar-refractivity contribution < 1.29 is 0 Å². The Labute approximate surface area is 70.0 Å². The van der Waals surface area contributed by atoms with E-state index in [0.717, 1.165) is 0 Å². The molecule has 0 saturated heterocycles. The molecule has 0 saturated carbocycles. The fraction of sp³-hybridized carbons (Fsp3) is 0.667. The number of hydrogen-bond acceptors (Lipinski definition) is 2. The molecule has 0 heterocycles. The zero-order chi connectivity index (χ0) is 7.98. The normalized spacial score (nSPS) is 14.8. The monoisotopic (exact) mass is 176 g/mol. The first kappa shape index (κ1) is 9.56. The van der Waals surface area contributed by atoms with Gasteiger partial charge in [0.25, 0.3) is 0 Å². The maximum Gasteiger partial charge on any atom is 0.136 e. The number of hydrogen-bond donors (Lipinski definition) is 0. The summed E-state index contributed by atoms with van der Waals surface area (Å²) in [5, 5.41) is 16.0. The average molecular weight is 177 g/mol. The second-order valence-electron chi connectivity index (χ2n) is 1.74. The fourth-order valence-electron chi connectivity index (χ4n) is 0.484. The van der Waals surface area contributed by atoms with Crippen molar-refractivity contribution in [2.75, 3.05) is 5.88 Å². The molecule has 10 heavy (non-hydrogen) atoms. The van der Waals surface area contributed by atoms with Crippen LogP contribution in [0, 0.1) is 28.6 Å². The molecule has 0 amide bonds. The van der Waals surface area contributed by atoms with Crippen LogP contribution in [-0.2, 0) is 0 Å². The van der Waals surface area contributed by atoms with E-state index in [4.69, 9.17) is 33.7 Å². The van der Waals surface area contributed by atoms with Crippen LogP contribution < -0.4 is 0 Å². The minimum absolute atomic E-state index is 0.364. The molecule has 4 heteroatoms. The number of nitrogens with zero attached hydrogens (tertiary/aromatic N) is 2. The molecule has 0 fully saturated rings. The van der Waals surface area contributed by atoms with Gasteiger partial charge in [-0.3, -0.25) is 0 Å². The third kappa shape index (κ3) is 2.92. The van der Waals surface area contributed by atoms with E-state index >= 15 is 0 Å². The van der Waals surface area contributed by atoms with Gasteiger partial charge in [-0.25, -0.2) is 0 Å². The lowest BCUT2D eigenvalue weighted by Crippen LogP contribution is -2.11. The highest BCUT2D eigenvalue weighted by molar-refractivity contribution is 6.22. The molecule has 0 radical (unpaired) electrons. The van der Waals surface area contributed by atoms with Crippen LogP contribution in [0.3, 0.4) is 0 Å². The minimum Gasteiger partial charge on any atom is -0.198 e. The van der Waals surface area contributed by atoms with Gasteiger partial charge in [0.15, 0.2) is 0 Å². The van der Waals surface area contributed by atoms with Gasteiger partial charge < -0.3 is 0 Å². The predicted molar refractivity (Wildman–Crippen MR) is 39.7 cm³/mol. The molecule has 0 N–H and O–H groups in total. The second kappa shape index (κ2) is 5.35. The van der Waals surface area contributed by atoms with Crippen LogP contribution in [0.1, 0.15) is 6.42 Å². The van der Waals surface area contributed by atoms with Crippen LogP contribution in [0.4, 0.5) is 0 Å². The van der Waals surface area contributed by atoms with Crippen molar-refractivity contribution in [3.63, 3.8) is 0 Å². The lowest BCUT2D eigenvalue weighted by molar-refractivity contribution is 0.669. The maximum absolute atomic E-state index is 8.41. The molecule has 0 rings (SSSR count). The van der Waals surface area contributed by atoms with Gasteiger partial charge >= 0.3 is 0 Å². The van der Waals surface area contributed by atoms with Gasteiger partial charge in [-0.2, -0.15) is 10.5 Å². The van der Waals surface area contributed by atoms with Gasteiger partial charge in [0.05, 0.1) is 18.1 Å². The Morgan fingerprint density at radius 3 is 2.20 bits per heavy atom. The molecule has 0 aliphatic heterocycles. The molecule has 2 nitrogen and oxygen atoms in total. The van der Waals surface area contributed by atoms with Crippen molar-refractivity contribution in [2.45, 2.75) is 11.8 Å². The first-order valence-electron chi connectivity index (χ1n) is 2.75. The Kier molecular flexibility index (Phi) is 5.12. The molecule has 0 bridgehead atoms. The Morgan fingerprint density at radius 2 is 1.90 bits per heavy atom. The summed E-state index contributed by atoms with van der Waals surface area (Å²) in [5.41, 5.74) is 0. The zero-order valence-electron chi connectivity index (χ0n) is 5.22. The van der Waals surface area contributed by atoms with Gasteiger partial charge in [-0.15, -0.1) is 23.2 Å². The molecular weight excluding hydrogens is 171 g/mol. The van der Waals surface area contributed by atoms with E-state index in [1.54, 1.807) is 6.07 Å². The highest BCUT2D eigenvalue weighted by atomic mass is 35.5. The van der Waals surface area contributed by atoms with Crippen molar-refractivity contribution >= 4 is 23.2 Å². The summed E-state index contributed by atoms with van der Waals surface area (Å²) in [7, 11) is 0. The van der Waals surface area contributed by atoms with Gasteiger partial charge in [0.1, 0.15) is 5.38 Å². The van der Waals surface area contributed by atoms with Crippen molar-refractivity contribution in [1.82, 2.24) is 0 Å². The van der Waals surface area contributed by atoms with Gasteiger partial charge in [-0.05, 0) is 6.42 Å². The summed E-state index contributed by atoms with van der Waals surface area (Å²) in [6.45, 7) is 0. The predicted octanol–water partition coefficient (Wildman–Crippen LogP) is 1.89. The van der Waals surface area contributed by atoms with Crippen LogP contribution in [-0.4, -0.2) is 11.3 Å². The molecule has 0 spiro atoms. The standard InChI is InChI=1S/C6H6Cl2N2/c7-2-1-5(3-9)6(8)4-10/h5-6H,1-2H2. The Hall–Kier alpha value is -0.440. The third-order valence-corrected chi connectivity index (χ3v) is 1.68. The van der Waals surface area contributed by atoms with E-state index in [1.807, 2.05) is 6.07 Å². The Morgan fingerprint density at radius 1 is 1.30 bits per heavy atom. The largest absolute Gasteiger partial charge is 0.198 e. The average Bonchev–Trinajstić information content (AvgIpc) is 1.99. The van der Waals surface area contributed by atoms with E-state index in [1.165, 1.54) is 0 Å². The molecule has 0 aromatic carbocycles. The Balaban J connectivity index is 3.86. The highest BCUT2D eigenvalue weighted by Crippen LogP contribution is 2.13. The summed E-state index contributed by atoms with van der Waals surface area (Å²) in [6, 6.07) is 3.70. The fourth-order valence-corrected chi connectivity index (χ4v) is 0.901. The topological polar surface area (TPSA) is 47.6 Å². The maximum atomic E-state index is 8.41. The smallest absolute Gasteiger partial charge is 0.136 e. The van der Waals surface area contributed by atoms with Gasteiger partial charge in [0, 0.05) is 5.88 Å². The number of nitriles is 2. The summed E-state index contributed by atoms with van der Waals surface area (Å²) < 4.78 is 0. The highest BCUT2D eigenvalue weighted by Gasteiger charge is 2.16. The second-order valence-corrected chi connectivity index (χ2v) is 2.59. The number of rotatable bonds is 3. The summed E-state index contributed by atoms with van der Waals surface area (Å²) in [6.07, 6.45) is 0.472. The van der Waals surface area contributed by atoms with Gasteiger partial charge in [-0.1, -0.05) is 0 Å². The Bertz CT molecular complexity index is 168. The molecule has 0 aromatic rings. The molecule has 2 atom stereocenters. The molecule has 54 valence electrons. The van der Waals surface area contributed by atoms with Crippen LogP contribution >= 0.6 is 23.2 Å². The van der Waals surface area contributed by atoms with Crippen molar-refractivity contribution in [3.8, 4) is 12.1 Å². The molecule has 0 aliphatic rings. The lowest BCUT2D eigenvalue weighted by Gasteiger charge is -2.04. The quantitative estimate of drug-likeness (QED) is 0.618.